The summed E-state index contributed by atoms with van der Waals surface area (Å²) >= 11 is 0. The van der Waals surface area contributed by atoms with Gasteiger partial charge in [-0.05, 0) is 18.4 Å². The molecule has 0 bridgehead atoms. The van der Waals surface area contributed by atoms with Crippen LogP contribution in [0.2, 0.25) is 0 Å². The van der Waals surface area contributed by atoms with Crippen LogP contribution in [-0.2, 0) is 16.0 Å². The van der Waals surface area contributed by atoms with E-state index in [-0.39, 0.29) is 11.8 Å². The van der Waals surface area contributed by atoms with E-state index in [1.54, 1.807) is 0 Å². The summed E-state index contributed by atoms with van der Waals surface area (Å²) in [7, 11) is 1.91. The van der Waals surface area contributed by atoms with Gasteiger partial charge in [-0.3, -0.25) is 9.59 Å². The fraction of sp³-hybridized carbons (Fsp3) is 0.579. The van der Waals surface area contributed by atoms with Crippen molar-refractivity contribution in [2.75, 3.05) is 13.6 Å². The average Bonchev–Trinajstić information content (AvgIpc) is 2.84. The Balaban J connectivity index is 1.68. The lowest BCUT2D eigenvalue weighted by atomic mass is 10.1. The third-order valence-corrected chi connectivity index (χ3v) is 4.63. The van der Waals surface area contributed by atoms with E-state index >= 15 is 0 Å². The molecule has 0 radical (unpaired) electrons. The molecule has 1 saturated carbocycles. The first-order valence-electron chi connectivity index (χ1n) is 8.73. The zero-order chi connectivity index (χ0) is 16.5. The van der Waals surface area contributed by atoms with Crippen molar-refractivity contribution in [1.82, 2.24) is 10.2 Å². The highest BCUT2D eigenvalue weighted by Gasteiger charge is 2.20. The number of hydrogen-bond acceptors (Lipinski definition) is 2. The van der Waals surface area contributed by atoms with E-state index in [0.717, 1.165) is 18.4 Å². The molecule has 4 nitrogen and oxygen atoms in total. The largest absolute Gasteiger partial charge is 0.355 e. The molecule has 0 saturated heterocycles. The average molecular weight is 316 g/mol. The maximum atomic E-state index is 12.3. The van der Waals surface area contributed by atoms with Crippen molar-refractivity contribution in [1.29, 1.82) is 0 Å². The number of hydrogen-bond donors (Lipinski definition) is 1. The Kier molecular flexibility index (Phi) is 7.11. The lowest BCUT2D eigenvalue weighted by Gasteiger charge is -2.27. The second kappa shape index (κ2) is 9.33. The summed E-state index contributed by atoms with van der Waals surface area (Å²) < 4.78 is 0. The Bertz CT molecular complexity index is 493. The van der Waals surface area contributed by atoms with Gasteiger partial charge in [0, 0.05) is 26.1 Å². The van der Waals surface area contributed by atoms with Crippen LogP contribution >= 0.6 is 0 Å². The van der Waals surface area contributed by atoms with E-state index in [4.69, 9.17) is 0 Å². The molecule has 2 amide bonds. The summed E-state index contributed by atoms with van der Waals surface area (Å²) in [6.07, 6.45) is 7.99. The smallest absolute Gasteiger partial charge is 0.224 e. The van der Waals surface area contributed by atoms with Gasteiger partial charge in [-0.25, -0.2) is 0 Å². The number of carbonyl (C=O) groups excluding carboxylic acids is 2. The Hall–Kier alpha value is -1.84. The highest BCUT2D eigenvalue weighted by molar-refractivity contribution is 5.80. The summed E-state index contributed by atoms with van der Waals surface area (Å²) in [6, 6.07) is 10.0. The zero-order valence-electron chi connectivity index (χ0n) is 14.1. The third kappa shape index (κ3) is 6.05. The summed E-state index contributed by atoms with van der Waals surface area (Å²) in [5.74, 6) is 0.109. The van der Waals surface area contributed by atoms with Gasteiger partial charge in [0.2, 0.25) is 11.8 Å². The van der Waals surface area contributed by atoms with Crippen molar-refractivity contribution in [2.45, 2.75) is 57.4 Å². The van der Waals surface area contributed by atoms with Crippen molar-refractivity contribution in [3.8, 4) is 0 Å². The molecular weight excluding hydrogens is 288 g/mol. The van der Waals surface area contributed by atoms with Gasteiger partial charge in [0.25, 0.3) is 0 Å². The predicted octanol–water partition coefficient (Wildman–Crippen LogP) is 2.92. The number of nitrogens with zero attached hydrogens (tertiary/aromatic N) is 1. The van der Waals surface area contributed by atoms with E-state index < -0.39 is 0 Å². The predicted molar refractivity (Wildman–Crippen MR) is 92.0 cm³/mol. The normalized spacial score (nSPS) is 15.7. The zero-order valence-corrected chi connectivity index (χ0v) is 14.1. The van der Waals surface area contributed by atoms with Gasteiger partial charge in [0.1, 0.15) is 0 Å². The van der Waals surface area contributed by atoms with Crippen LogP contribution in [-0.4, -0.2) is 36.3 Å². The van der Waals surface area contributed by atoms with Gasteiger partial charge in [-0.1, -0.05) is 56.0 Å². The molecule has 1 aromatic carbocycles. The minimum atomic E-state index is -0.0267. The lowest BCUT2D eigenvalue weighted by molar-refractivity contribution is -0.132. The molecule has 126 valence electrons. The monoisotopic (exact) mass is 316 g/mol. The van der Waals surface area contributed by atoms with Gasteiger partial charge < -0.3 is 10.2 Å². The second-order valence-corrected chi connectivity index (χ2v) is 6.41. The molecule has 1 N–H and O–H groups in total. The molecule has 4 heteroatoms. The molecule has 1 aromatic rings. The Labute approximate surface area is 139 Å². The van der Waals surface area contributed by atoms with Crippen LogP contribution in [0.1, 0.15) is 50.5 Å². The van der Waals surface area contributed by atoms with Crippen LogP contribution in [0.5, 0.6) is 0 Å². The SMILES string of the molecule is CN(C(=O)CCNC(=O)Cc1ccccc1)C1CCCCCC1. The van der Waals surface area contributed by atoms with Crippen molar-refractivity contribution >= 4 is 11.8 Å². The standard InChI is InChI=1S/C19H28N2O2/c1-21(17-11-7-2-3-8-12-17)19(23)13-14-20-18(22)15-16-9-5-4-6-10-16/h4-6,9-10,17H,2-3,7-8,11-15H2,1H3,(H,20,22). The lowest BCUT2D eigenvalue weighted by Crippen LogP contribution is -2.38. The van der Waals surface area contributed by atoms with Gasteiger partial charge in [-0.15, -0.1) is 0 Å². The van der Waals surface area contributed by atoms with E-state index in [9.17, 15) is 9.59 Å². The van der Waals surface area contributed by atoms with Crippen molar-refractivity contribution < 1.29 is 9.59 Å². The number of nitrogens with one attached hydrogen (secondary N) is 1. The molecule has 23 heavy (non-hydrogen) atoms. The van der Waals surface area contributed by atoms with Crippen LogP contribution in [0.15, 0.2) is 30.3 Å². The van der Waals surface area contributed by atoms with E-state index in [2.05, 4.69) is 5.32 Å². The number of amides is 2. The molecule has 1 aliphatic rings. The topological polar surface area (TPSA) is 49.4 Å². The quantitative estimate of drug-likeness (QED) is 0.820. The first-order chi connectivity index (χ1) is 11.2. The maximum Gasteiger partial charge on any atom is 0.224 e. The van der Waals surface area contributed by atoms with Crippen LogP contribution in [0.4, 0.5) is 0 Å². The second-order valence-electron chi connectivity index (χ2n) is 6.41. The van der Waals surface area contributed by atoms with Crippen molar-refractivity contribution in [2.24, 2.45) is 0 Å². The fourth-order valence-electron chi connectivity index (χ4n) is 3.18. The van der Waals surface area contributed by atoms with Gasteiger partial charge >= 0.3 is 0 Å². The molecule has 1 fully saturated rings. The van der Waals surface area contributed by atoms with E-state index in [1.807, 2.05) is 42.3 Å². The van der Waals surface area contributed by atoms with Crippen molar-refractivity contribution in [3.63, 3.8) is 0 Å². The van der Waals surface area contributed by atoms with Crippen LogP contribution in [0, 0.1) is 0 Å². The summed E-state index contributed by atoms with van der Waals surface area (Å²) in [4.78, 5) is 26.0. The van der Waals surface area contributed by atoms with E-state index in [0.29, 0.717) is 25.4 Å². The Morgan fingerprint density at radius 3 is 2.39 bits per heavy atom. The molecule has 1 aliphatic carbocycles. The molecule has 0 heterocycles. The molecular formula is C19H28N2O2. The summed E-state index contributed by atoms with van der Waals surface area (Å²) in [5, 5.41) is 2.85. The minimum Gasteiger partial charge on any atom is -0.355 e. The van der Waals surface area contributed by atoms with Crippen LogP contribution < -0.4 is 5.32 Å². The highest BCUT2D eigenvalue weighted by Crippen LogP contribution is 2.21. The molecule has 0 spiro atoms. The third-order valence-electron chi connectivity index (χ3n) is 4.63. The molecule has 0 unspecified atom stereocenters. The first kappa shape index (κ1) is 17.5. The van der Waals surface area contributed by atoms with Crippen molar-refractivity contribution in [3.05, 3.63) is 35.9 Å². The summed E-state index contributed by atoms with van der Waals surface area (Å²) in [5.41, 5.74) is 0.993. The molecule has 0 aromatic heterocycles. The number of carbonyl (C=O) groups is 2. The van der Waals surface area contributed by atoms with Gasteiger partial charge in [-0.2, -0.15) is 0 Å². The Morgan fingerprint density at radius 1 is 1.09 bits per heavy atom. The maximum absolute atomic E-state index is 12.3. The molecule has 2 rings (SSSR count). The molecule has 0 aliphatic heterocycles. The van der Waals surface area contributed by atoms with E-state index in [1.165, 1.54) is 25.7 Å². The van der Waals surface area contributed by atoms with Gasteiger partial charge in [0.05, 0.1) is 6.42 Å². The first-order valence-corrected chi connectivity index (χ1v) is 8.73. The van der Waals surface area contributed by atoms with Crippen LogP contribution in [0.25, 0.3) is 0 Å². The number of rotatable bonds is 6. The fourth-order valence-corrected chi connectivity index (χ4v) is 3.18. The van der Waals surface area contributed by atoms with Crippen LogP contribution in [0.3, 0.4) is 0 Å². The Morgan fingerprint density at radius 2 is 1.74 bits per heavy atom. The number of benzene rings is 1. The highest BCUT2D eigenvalue weighted by atomic mass is 16.2. The van der Waals surface area contributed by atoms with Gasteiger partial charge in [0.15, 0.2) is 0 Å². The minimum absolute atomic E-state index is 0.0267. The summed E-state index contributed by atoms with van der Waals surface area (Å²) in [6.45, 7) is 0.418. The molecule has 0 atom stereocenters.